The third-order valence-corrected chi connectivity index (χ3v) is 4.75. The maximum atomic E-state index is 12.8. The summed E-state index contributed by atoms with van der Waals surface area (Å²) in [6.07, 6.45) is 8.27. The van der Waals surface area contributed by atoms with Gasteiger partial charge in [0.25, 0.3) is 0 Å². The molecule has 4 heteroatoms. The number of ether oxygens (including phenoxy) is 1. The predicted molar refractivity (Wildman–Crippen MR) is 94.0 cm³/mol. The van der Waals surface area contributed by atoms with Gasteiger partial charge in [0, 0.05) is 30.5 Å². The summed E-state index contributed by atoms with van der Waals surface area (Å²) in [6, 6.07) is 12.2. The van der Waals surface area contributed by atoms with E-state index in [1.807, 2.05) is 36.7 Å². The van der Waals surface area contributed by atoms with Crippen LogP contribution in [0.25, 0.3) is 0 Å². The molecule has 4 nitrogen and oxygen atoms in total. The van der Waals surface area contributed by atoms with Crippen LogP contribution in [0, 0.1) is 0 Å². The van der Waals surface area contributed by atoms with Gasteiger partial charge in [0.15, 0.2) is 0 Å². The number of methoxy groups -OCH3 is 1. The van der Waals surface area contributed by atoms with Crippen LogP contribution in [0.5, 0.6) is 5.75 Å². The molecular weight excluding hydrogens is 300 g/mol. The van der Waals surface area contributed by atoms with Gasteiger partial charge in [0.1, 0.15) is 5.75 Å². The molecule has 1 atom stereocenters. The molecule has 1 aromatic carbocycles. The zero-order valence-corrected chi connectivity index (χ0v) is 14.1. The smallest absolute Gasteiger partial charge is 0.227 e. The molecule has 1 saturated heterocycles. The van der Waals surface area contributed by atoms with Crippen LogP contribution >= 0.6 is 0 Å². The molecule has 3 rings (SSSR count). The number of aryl methyl sites for hydroxylation is 1. The van der Waals surface area contributed by atoms with Gasteiger partial charge in [-0.3, -0.25) is 9.78 Å². The van der Waals surface area contributed by atoms with Crippen molar-refractivity contribution in [2.45, 2.75) is 38.1 Å². The van der Waals surface area contributed by atoms with Gasteiger partial charge in [-0.1, -0.05) is 18.2 Å². The van der Waals surface area contributed by atoms with Crippen LogP contribution in [0.2, 0.25) is 0 Å². The Hall–Kier alpha value is -2.36. The van der Waals surface area contributed by atoms with Crippen molar-refractivity contribution in [2.75, 3.05) is 13.7 Å². The quantitative estimate of drug-likeness (QED) is 0.819. The average molecular weight is 324 g/mol. The average Bonchev–Trinajstić information content (AvgIpc) is 3.10. The number of hydrogen-bond acceptors (Lipinski definition) is 3. The largest absolute Gasteiger partial charge is 0.496 e. The Morgan fingerprint density at radius 2 is 2.04 bits per heavy atom. The van der Waals surface area contributed by atoms with Crippen LogP contribution in [0.1, 0.15) is 30.4 Å². The van der Waals surface area contributed by atoms with Crippen LogP contribution in [0.3, 0.4) is 0 Å². The number of benzene rings is 1. The first kappa shape index (κ1) is 16.5. The molecule has 2 heterocycles. The number of likely N-dealkylation sites (tertiary alicyclic amines) is 1. The summed E-state index contributed by atoms with van der Waals surface area (Å²) < 4.78 is 5.36. The first-order chi connectivity index (χ1) is 11.8. The molecule has 0 aliphatic carbocycles. The van der Waals surface area contributed by atoms with Crippen LogP contribution in [-0.2, 0) is 17.6 Å². The molecule has 1 amide bonds. The number of amides is 1. The lowest BCUT2D eigenvalue weighted by atomic mass is 10.0. The minimum Gasteiger partial charge on any atom is -0.496 e. The maximum absolute atomic E-state index is 12.8. The molecule has 0 bridgehead atoms. The lowest BCUT2D eigenvalue weighted by molar-refractivity contribution is -0.131. The Morgan fingerprint density at radius 3 is 2.83 bits per heavy atom. The number of hydrogen-bond donors (Lipinski definition) is 0. The highest BCUT2D eigenvalue weighted by Gasteiger charge is 2.28. The second-order valence-corrected chi connectivity index (χ2v) is 6.27. The van der Waals surface area contributed by atoms with Crippen molar-refractivity contribution >= 4 is 5.91 Å². The van der Waals surface area contributed by atoms with Crippen molar-refractivity contribution in [2.24, 2.45) is 0 Å². The molecule has 24 heavy (non-hydrogen) atoms. The molecule has 0 radical (unpaired) electrons. The highest BCUT2D eigenvalue weighted by Crippen LogP contribution is 2.25. The number of pyridine rings is 1. The number of carbonyl (C=O) groups is 1. The van der Waals surface area contributed by atoms with E-state index in [0.29, 0.717) is 12.5 Å². The van der Waals surface area contributed by atoms with Gasteiger partial charge in [0.05, 0.1) is 13.5 Å². The van der Waals surface area contributed by atoms with Gasteiger partial charge in [0.2, 0.25) is 5.91 Å². The molecule has 0 spiro atoms. The second-order valence-electron chi connectivity index (χ2n) is 6.27. The standard InChI is InChI=1S/C20H24N2O2/c1-24-19-7-3-2-5-17(19)15-20(23)22-14-4-6-18(22)9-8-16-10-12-21-13-11-16/h2-3,5,7,10-13,18H,4,6,8-9,14-15H2,1H3/t18-/m1/s1. The summed E-state index contributed by atoms with van der Waals surface area (Å²) in [5.74, 6) is 0.995. The Kier molecular flexibility index (Phi) is 5.47. The van der Waals surface area contributed by atoms with Crippen molar-refractivity contribution in [3.8, 4) is 5.75 Å². The van der Waals surface area contributed by atoms with Crippen molar-refractivity contribution < 1.29 is 9.53 Å². The summed E-state index contributed by atoms with van der Waals surface area (Å²) >= 11 is 0. The van der Waals surface area contributed by atoms with Crippen molar-refractivity contribution in [1.82, 2.24) is 9.88 Å². The maximum Gasteiger partial charge on any atom is 0.227 e. The molecular formula is C20H24N2O2. The van der Waals surface area contributed by atoms with E-state index in [2.05, 4.69) is 22.0 Å². The predicted octanol–water partition coefficient (Wildman–Crippen LogP) is 3.26. The molecule has 0 unspecified atom stereocenters. The first-order valence-corrected chi connectivity index (χ1v) is 8.58. The number of carbonyl (C=O) groups excluding carboxylic acids is 1. The number of aromatic nitrogens is 1. The van der Waals surface area contributed by atoms with Gasteiger partial charge in [-0.05, 0) is 49.4 Å². The van der Waals surface area contributed by atoms with E-state index in [0.717, 1.165) is 43.5 Å². The zero-order chi connectivity index (χ0) is 16.8. The SMILES string of the molecule is COc1ccccc1CC(=O)N1CCC[C@@H]1CCc1ccncc1. The van der Waals surface area contributed by atoms with Crippen molar-refractivity contribution in [3.63, 3.8) is 0 Å². The lowest BCUT2D eigenvalue weighted by Gasteiger charge is -2.25. The summed E-state index contributed by atoms with van der Waals surface area (Å²) in [5, 5.41) is 0. The van der Waals surface area contributed by atoms with Crippen LogP contribution in [0.4, 0.5) is 0 Å². The monoisotopic (exact) mass is 324 g/mol. The van der Waals surface area contributed by atoms with Gasteiger partial charge in [-0.15, -0.1) is 0 Å². The van der Waals surface area contributed by atoms with E-state index in [4.69, 9.17) is 4.74 Å². The normalized spacial score (nSPS) is 17.0. The van der Waals surface area contributed by atoms with Gasteiger partial charge >= 0.3 is 0 Å². The van der Waals surface area contributed by atoms with E-state index in [1.54, 1.807) is 7.11 Å². The minimum atomic E-state index is 0.205. The third kappa shape index (κ3) is 3.94. The topological polar surface area (TPSA) is 42.4 Å². The summed E-state index contributed by atoms with van der Waals surface area (Å²) in [7, 11) is 1.65. The van der Waals surface area contributed by atoms with Gasteiger partial charge in [-0.25, -0.2) is 0 Å². The third-order valence-electron chi connectivity index (χ3n) is 4.75. The van der Waals surface area contributed by atoms with E-state index >= 15 is 0 Å². The van der Waals surface area contributed by atoms with Crippen LogP contribution < -0.4 is 4.74 Å². The van der Waals surface area contributed by atoms with Crippen LogP contribution in [0.15, 0.2) is 48.8 Å². The molecule has 126 valence electrons. The molecule has 1 fully saturated rings. The highest BCUT2D eigenvalue weighted by atomic mass is 16.5. The van der Waals surface area contributed by atoms with Gasteiger partial charge < -0.3 is 9.64 Å². The highest BCUT2D eigenvalue weighted by molar-refractivity contribution is 5.80. The van der Waals surface area contributed by atoms with Crippen molar-refractivity contribution in [3.05, 3.63) is 59.9 Å². The molecule has 1 aliphatic heterocycles. The number of nitrogens with zero attached hydrogens (tertiary/aromatic N) is 2. The second kappa shape index (κ2) is 7.95. The summed E-state index contributed by atoms with van der Waals surface area (Å²) in [6.45, 7) is 0.870. The Morgan fingerprint density at radius 1 is 1.25 bits per heavy atom. The van der Waals surface area contributed by atoms with E-state index < -0.39 is 0 Å². The lowest BCUT2D eigenvalue weighted by Crippen LogP contribution is -2.36. The molecule has 0 N–H and O–H groups in total. The van der Waals surface area contributed by atoms with Crippen molar-refractivity contribution in [1.29, 1.82) is 0 Å². The molecule has 2 aromatic rings. The first-order valence-electron chi connectivity index (χ1n) is 8.58. The molecule has 1 aliphatic rings. The molecule has 0 saturated carbocycles. The van der Waals surface area contributed by atoms with Gasteiger partial charge in [-0.2, -0.15) is 0 Å². The van der Waals surface area contributed by atoms with E-state index in [1.165, 1.54) is 5.56 Å². The summed E-state index contributed by atoms with van der Waals surface area (Å²) in [4.78, 5) is 18.9. The fourth-order valence-electron chi connectivity index (χ4n) is 3.46. The fourth-order valence-corrected chi connectivity index (χ4v) is 3.46. The number of para-hydroxylation sites is 1. The Balaban J connectivity index is 1.61. The number of rotatable bonds is 6. The minimum absolute atomic E-state index is 0.205. The fraction of sp³-hybridized carbons (Fsp3) is 0.400. The van der Waals surface area contributed by atoms with E-state index in [-0.39, 0.29) is 5.91 Å². The van der Waals surface area contributed by atoms with E-state index in [9.17, 15) is 4.79 Å². The zero-order valence-electron chi connectivity index (χ0n) is 14.1. The summed E-state index contributed by atoms with van der Waals surface area (Å²) in [5.41, 5.74) is 2.25. The molecule has 1 aromatic heterocycles. The Labute approximate surface area is 143 Å². The van der Waals surface area contributed by atoms with Crippen LogP contribution in [-0.4, -0.2) is 35.5 Å². The Bertz CT molecular complexity index is 672.